The number of aliphatic hydroxyl groups excluding tert-OH is 1. The van der Waals surface area contributed by atoms with Crippen LogP contribution in [0.15, 0.2) is 24.3 Å². The van der Waals surface area contributed by atoms with Crippen molar-refractivity contribution in [3.05, 3.63) is 24.3 Å². The number of carbonyl (C=O) groups excluding carboxylic acids is 1. The summed E-state index contributed by atoms with van der Waals surface area (Å²) in [4.78, 5) is 22.9. The highest BCUT2D eigenvalue weighted by atomic mass is 31.2. The molecule has 0 aliphatic heterocycles. The highest BCUT2D eigenvalue weighted by Crippen LogP contribution is 2.43. The third kappa shape index (κ3) is 31.6. The molecule has 0 saturated heterocycles. The predicted molar refractivity (Wildman–Crippen MR) is 194 cm³/mol. The number of phosphoric acid groups is 1. The van der Waals surface area contributed by atoms with Gasteiger partial charge in [-0.1, -0.05) is 141 Å². The largest absolute Gasteiger partial charge is 0.472 e. The maximum absolute atomic E-state index is 12.7. The Morgan fingerprint density at radius 2 is 1.20 bits per heavy atom. The SMILES string of the molecule is CCCCCCCC/C=C/CC/C=C/[C@@H](O)[C@H](COP(=O)(O)OCC[N+](C)(C)C)NC(=O)CCCCCCCCCCCCCC. The van der Waals surface area contributed by atoms with Gasteiger partial charge in [0.1, 0.15) is 13.2 Å². The summed E-state index contributed by atoms with van der Waals surface area (Å²) in [6, 6.07) is -0.855. The molecular formula is C37H74N2O6P+. The molecule has 46 heavy (non-hydrogen) atoms. The molecule has 0 heterocycles. The molecule has 0 fully saturated rings. The summed E-state index contributed by atoms with van der Waals surface area (Å²) in [6.45, 7) is 4.75. The Kier molecular flexibility index (Phi) is 29.4. The average Bonchev–Trinajstić information content (AvgIpc) is 2.99. The van der Waals surface area contributed by atoms with Gasteiger partial charge in [-0.05, 0) is 32.1 Å². The third-order valence-corrected chi connectivity index (χ3v) is 9.16. The van der Waals surface area contributed by atoms with Crippen molar-refractivity contribution in [2.24, 2.45) is 0 Å². The number of hydrogen-bond donors (Lipinski definition) is 3. The maximum Gasteiger partial charge on any atom is 0.472 e. The second kappa shape index (κ2) is 30.1. The van der Waals surface area contributed by atoms with Crippen molar-refractivity contribution in [2.75, 3.05) is 40.9 Å². The van der Waals surface area contributed by atoms with E-state index in [1.165, 1.54) is 96.3 Å². The molecule has 0 aromatic rings. The van der Waals surface area contributed by atoms with E-state index >= 15 is 0 Å². The van der Waals surface area contributed by atoms with Crippen LogP contribution >= 0.6 is 7.82 Å². The van der Waals surface area contributed by atoms with Crippen LogP contribution in [0.25, 0.3) is 0 Å². The minimum absolute atomic E-state index is 0.0576. The van der Waals surface area contributed by atoms with Gasteiger partial charge in [-0.15, -0.1) is 0 Å². The quantitative estimate of drug-likeness (QED) is 0.0278. The first-order chi connectivity index (χ1) is 22.0. The number of aliphatic hydroxyl groups is 1. The molecular weight excluding hydrogens is 599 g/mol. The van der Waals surface area contributed by atoms with Crippen molar-refractivity contribution in [3.63, 3.8) is 0 Å². The molecule has 272 valence electrons. The lowest BCUT2D eigenvalue weighted by molar-refractivity contribution is -0.870. The van der Waals surface area contributed by atoms with Gasteiger partial charge in [0, 0.05) is 6.42 Å². The smallest absolute Gasteiger partial charge is 0.387 e. The van der Waals surface area contributed by atoms with Crippen molar-refractivity contribution in [1.82, 2.24) is 5.32 Å². The van der Waals surface area contributed by atoms with E-state index < -0.39 is 20.0 Å². The van der Waals surface area contributed by atoms with Gasteiger partial charge < -0.3 is 19.8 Å². The van der Waals surface area contributed by atoms with Gasteiger partial charge in [0.05, 0.1) is 39.9 Å². The van der Waals surface area contributed by atoms with Crippen LogP contribution in [0.2, 0.25) is 0 Å². The lowest BCUT2D eigenvalue weighted by Gasteiger charge is -2.25. The third-order valence-electron chi connectivity index (χ3n) is 8.17. The first-order valence-corrected chi connectivity index (χ1v) is 20.2. The minimum Gasteiger partial charge on any atom is -0.387 e. The van der Waals surface area contributed by atoms with Crippen LogP contribution in [0, 0.1) is 0 Å². The van der Waals surface area contributed by atoms with E-state index in [4.69, 9.17) is 9.05 Å². The molecule has 9 heteroatoms. The molecule has 0 bridgehead atoms. The fraction of sp³-hybridized carbons (Fsp3) is 0.865. The van der Waals surface area contributed by atoms with E-state index in [1.54, 1.807) is 6.08 Å². The second-order valence-electron chi connectivity index (χ2n) is 13.9. The normalized spacial score (nSPS) is 15.0. The van der Waals surface area contributed by atoms with E-state index in [0.29, 0.717) is 17.4 Å². The van der Waals surface area contributed by atoms with Crippen molar-refractivity contribution < 1.29 is 32.9 Å². The molecule has 8 nitrogen and oxygen atoms in total. The number of rotatable bonds is 33. The topological polar surface area (TPSA) is 105 Å². The van der Waals surface area contributed by atoms with Gasteiger partial charge in [0.25, 0.3) is 0 Å². The Labute approximate surface area is 284 Å². The first kappa shape index (κ1) is 45.0. The zero-order chi connectivity index (χ0) is 34.4. The maximum atomic E-state index is 12.7. The molecule has 3 N–H and O–H groups in total. The summed E-state index contributed by atoms with van der Waals surface area (Å²) in [5, 5.41) is 13.7. The highest BCUT2D eigenvalue weighted by Gasteiger charge is 2.27. The fourth-order valence-corrected chi connectivity index (χ4v) is 5.85. The molecule has 3 atom stereocenters. The van der Waals surface area contributed by atoms with Gasteiger partial charge in [-0.2, -0.15) is 0 Å². The summed E-state index contributed by atoms with van der Waals surface area (Å²) < 4.78 is 23.4. The number of likely N-dealkylation sites (N-methyl/N-ethyl adjacent to an activating group) is 1. The van der Waals surface area contributed by atoms with Crippen LogP contribution in [0.5, 0.6) is 0 Å². The number of amides is 1. The molecule has 0 aliphatic carbocycles. The Morgan fingerprint density at radius 1 is 0.717 bits per heavy atom. The van der Waals surface area contributed by atoms with Crippen LogP contribution < -0.4 is 5.32 Å². The number of carbonyl (C=O) groups is 1. The van der Waals surface area contributed by atoms with Crippen molar-refractivity contribution in [2.45, 2.75) is 167 Å². The number of nitrogens with one attached hydrogen (secondary N) is 1. The second-order valence-corrected chi connectivity index (χ2v) is 15.4. The Bertz CT molecular complexity index is 814. The molecule has 0 rings (SSSR count). The van der Waals surface area contributed by atoms with E-state index in [0.717, 1.165) is 38.5 Å². The van der Waals surface area contributed by atoms with E-state index in [1.807, 2.05) is 27.2 Å². The van der Waals surface area contributed by atoms with Crippen LogP contribution in [0.3, 0.4) is 0 Å². The Balaban J connectivity index is 4.61. The van der Waals surface area contributed by atoms with Crippen molar-refractivity contribution >= 4 is 13.7 Å². The molecule has 0 aromatic carbocycles. The molecule has 1 amide bonds. The van der Waals surface area contributed by atoms with Crippen LogP contribution in [0.1, 0.15) is 155 Å². The van der Waals surface area contributed by atoms with Gasteiger partial charge in [-0.25, -0.2) is 4.57 Å². The molecule has 0 spiro atoms. The predicted octanol–water partition coefficient (Wildman–Crippen LogP) is 9.41. The number of allylic oxidation sites excluding steroid dienone is 3. The van der Waals surface area contributed by atoms with Gasteiger partial charge in [-0.3, -0.25) is 13.8 Å². The zero-order valence-corrected chi connectivity index (χ0v) is 31.5. The summed E-state index contributed by atoms with van der Waals surface area (Å²) in [7, 11) is 1.55. The summed E-state index contributed by atoms with van der Waals surface area (Å²) in [5.41, 5.74) is 0. The van der Waals surface area contributed by atoms with Crippen molar-refractivity contribution in [1.29, 1.82) is 0 Å². The monoisotopic (exact) mass is 674 g/mol. The summed E-state index contributed by atoms with van der Waals surface area (Å²) in [5.74, 6) is -0.190. The van der Waals surface area contributed by atoms with Crippen LogP contribution in [-0.2, 0) is 18.4 Å². The Hall–Kier alpha value is -1.02. The van der Waals surface area contributed by atoms with Crippen LogP contribution in [-0.4, -0.2) is 73.4 Å². The molecule has 0 saturated carbocycles. The molecule has 0 aliphatic rings. The lowest BCUT2D eigenvalue weighted by Crippen LogP contribution is -2.45. The minimum atomic E-state index is -4.33. The molecule has 1 unspecified atom stereocenters. The zero-order valence-electron chi connectivity index (χ0n) is 30.6. The number of unbranched alkanes of at least 4 members (excludes halogenated alkanes) is 18. The lowest BCUT2D eigenvalue weighted by atomic mass is 10.0. The van der Waals surface area contributed by atoms with Gasteiger partial charge in [0.2, 0.25) is 5.91 Å². The van der Waals surface area contributed by atoms with Gasteiger partial charge >= 0.3 is 7.82 Å². The van der Waals surface area contributed by atoms with Crippen molar-refractivity contribution in [3.8, 4) is 0 Å². The average molecular weight is 674 g/mol. The molecule has 0 aromatic heterocycles. The highest BCUT2D eigenvalue weighted by molar-refractivity contribution is 7.47. The fourth-order valence-electron chi connectivity index (χ4n) is 5.11. The number of quaternary nitrogens is 1. The van der Waals surface area contributed by atoms with Gasteiger partial charge in [0.15, 0.2) is 0 Å². The number of hydrogen-bond acceptors (Lipinski definition) is 5. The summed E-state index contributed by atoms with van der Waals surface area (Å²) in [6.07, 6.45) is 32.4. The first-order valence-electron chi connectivity index (χ1n) is 18.7. The number of nitrogens with zero attached hydrogens (tertiary/aromatic N) is 1. The molecule has 0 radical (unpaired) electrons. The van der Waals surface area contributed by atoms with E-state index in [9.17, 15) is 19.4 Å². The number of phosphoric ester groups is 1. The van der Waals surface area contributed by atoms with Crippen LogP contribution in [0.4, 0.5) is 0 Å². The standard InChI is InChI=1S/C37H73N2O6P/c1-6-8-10-12-14-16-18-20-22-24-26-28-30-36(40)35(34-45-46(42,43)44-33-32-39(3,4)5)38-37(41)31-29-27-25-23-21-19-17-15-13-11-9-7-2/h20,22,28,30,35-36,40H,6-19,21,23-27,29,31-34H2,1-5H3,(H-,38,41,42,43)/p+1/b22-20+,30-28+/t35-,36+/m0/s1. The van der Waals surface area contributed by atoms with E-state index in [-0.39, 0.29) is 19.1 Å². The van der Waals surface area contributed by atoms with E-state index in [2.05, 4.69) is 31.3 Å². The summed E-state index contributed by atoms with van der Waals surface area (Å²) >= 11 is 0. The Morgan fingerprint density at radius 3 is 1.74 bits per heavy atom.